The maximum Gasteiger partial charge on any atom is 0.332 e. The zero-order chi connectivity index (χ0) is 16.7. The fourth-order valence-corrected chi connectivity index (χ4v) is 1.47. The molecule has 0 rings (SSSR count). The Morgan fingerprint density at radius 3 is 2.14 bits per heavy atom. The summed E-state index contributed by atoms with van der Waals surface area (Å²) in [6.45, 7) is 8.03. The monoisotopic (exact) mass is 305 g/mol. The molecule has 0 radical (unpaired) electrons. The molecular formula is C12H23N3O6. The summed E-state index contributed by atoms with van der Waals surface area (Å²) < 4.78 is 4.84. The maximum atomic E-state index is 11.7. The van der Waals surface area contributed by atoms with E-state index in [0.29, 0.717) is 0 Å². The molecule has 0 fully saturated rings. The van der Waals surface area contributed by atoms with Gasteiger partial charge in [0.05, 0.1) is 17.9 Å². The molecule has 0 aromatic carbocycles. The maximum absolute atomic E-state index is 11.7. The molecule has 1 unspecified atom stereocenters. The second-order valence-corrected chi connectivity index (χ2v) is 5.20. The van der Waals surface area contributed by atoms with Crippen LogP contribution in [0.1, 0.15) is 34.6 Å². The molecule has 0 bridgehead atoms. The van der Waals surface area contributed by atoms with Gasteiger partial charge in [-0.25, -0.2) is 4.79 Å². The highest BCUT2D eigenvalue weighted by molar-refractivity contribution is 5.73. The van der Waals surface area contributed by atoms with Gasteiger partial charge in [0, 0.05) is 6.92 Å². The molecule has 0 aromatic rings. The van der Waals surface area contributed by atoms with E-state index in [0.717, 1.165) is 5.01 Å². The molecule has 0 saturated heterocycles. The number of carboxylic acid groups (broad SMARTS) is 1. The van der Waals surface area contributed by atoms with Gasteiger partial charge in [-0.1, -0.05) is 27.7 Å². The van der Waals surface area contributed by atoms with Crippen LogP contribution in [0.5, 0.6) is 0 Å². The lowest BCUT2D eigenvalue weighted by Crippen LogP contribution is -2.45. The van der Waals surface area contributed by atoms with E-state index in [-0.39, 0.29) is 16.8 Å². The smallest absolute Gasteiger partial charge is 0.332 e. The summed E-state index contributed by atoms with van der Waals surface area (Å²) in [6.07, 6.45) is -1.05. The lowest BCUT2D eigenvalue weighted by atomic mass is 10.1. The number of hydrogen-bond acceptors (Lipinski definition) is 6. The number of carbonyl (C=O) groups is 2. The number of carbonyl (C=O) groups excluding carboxylic acids is 1. The third kappa shape index (κ3) is 6.28. The molecule has 0 aliphatic carbocycles. The Kier molecular flexibility index (Phi) is 7.46. The number of esters is 1. The lowest BCUT2D eigenvalue weighted by Gasteiger charge is -2.23. The highest BCUT2D eigenvalue weighted by atomic mass is 16.8. The standard InChI is InChI=1S/C12H23N3O6/c1-7(2)10(11(16)17)14(6)15(19)13-21-9(5)20-12(18)8(3)4/h7-10H,1-6H3,(H,16,17)/b15-13-/t9?,10-/m0/s1. The van der Waals surface area contributed by atoms with E-state index in [9.17, 15) is 14.8 Å². The normalized spacial score (nSPS) is 14.8. The topological polar surface area (TPSA) is 114 Å². The van der Waals surface area contributed by atoms with E-state index in [2.05, 4.69) is 5.28 Å². The van der Waals surface area contributed by atoms with Crippen LogP contribution in [0.25, 0.3) is 0 Å². The molecule has 122 valence electrons. The molecule has 0 spiro atoms. The highest BCUT2D eigenvalue weighted by Gasteiger charge is 2.32. The van der Waals surface area contributed by atoms with Crippen molar-refractivity contribution in [1.29, 1.82) is 0 Å². The Bertz CT molecular complexity index is 396. The van der Waals surface area contributed by atoms with Gasteiger partial charge < -0.3 is 15.1 Å². The summed E-state index contributed by atoms with van der Waals surface area (Å²) in [4.78, 5) is 27.1. The van der Waals surface area contributed by atoms with Crippen molar-refractivity contribution in [3.8, 4) is 0 Å². The molecule has 0 aliphatic rings. The van der Waals surface area contributed by atoms with Crippen molar-refractivity contribution < 1.29 is 29.2 Å². The molecule has 9 heteroatoms. The van der Waals surface area contributed by atoms with E-state index in [4.69, 9.17) is 14.7 Å². The number of ether oxygens (including phenoxy) is 1. The van der Waals surface area contributed by atoms with E-state index in [1.54, 1.807) is 27.7 Å². The zero-order valence-corrected chi connectivity index (χ0v) is 13.1. The minimum Gasteiger partial charge on any atom is -0.569 e. The van der Waals surface area contributed by atoms with E-state index < -0.39 is 24.3 Å². The first-order valence-electron chi connectivity index (χ1n) is 6.58. The van der Waals surface area contributed by atoms with Gasteiger partial charge in [-0.15, -0.1) is 5.01 Å². The number of hydrogen-bond donors (Lipinski definition) is 1. The molecule has 0 saturated carbocycles. The molecule has 0 amide bonds. The SMILES string of the molecule is CC(O/N=[N+](\[O-])N(C)[C@H](C(=O)O)C(C)C)OC(=O)C(C)C. The number of nitrogens with zero attached hydrogens (tertiary/aromatic N) is 3. The predicted octanol–water partition coefficient (Wildman–Crippen LogP) is 1.38. The van der Waals surface area contributed by atoms with Crippen molar-refractivity contribution in [2.24, 2.45) is 17.1 Å². The Morgan fingerprint density at radius 2 is 1.76 bits per heavy atom. The van der Waals surface area contributed by atoms with Crippen LogP contribution in [0.4, 0.5) is 0 Å². The van der Waals surface area contributed by atoms with Gasteiger partial charge >= 0.3 is 11.9 Å². The molecule has 2 atom stereocenters. The third-order valence-electron chi connectivity index (χ3n) is 2.58. The van der Waals surface area contributed by atoms with Gasteiger partial charge in [0.25, 0.3) is 6.29 Å². The van der Waals surface area contributed by atoms with Crippen LogP contribution in [0.2, 0.25) is 0 Å². The molecule has 0 aliphatic heterocycles. The van der Waals surface area contributed by atoms with Crippen LogP contribution in [0.15, 0.2) is 5.28 Å². The molecule has 9 nitrogen and oxygen atoms in total. The number of hydrazine groups is 1. The van der Waals surface area contributed by atoms with Crippen LogP contribution in [-0.2, 0) is 19.2 Å². The quantitative estimate of drug-likeness (QED) is 0.237. The second kappa shape index (κ2) is 8.28. The predicted molar refractivity (Wildman–Crippen MR) is 71.6 cm³/mol. The van der Waals surface area contributed by atoms with Crippen molar-refractivity contribution in [1.82, 2.24) is 5.01 Å². The van der Waals surface area contributed by atoms with E-state index in [1.807, 2.05) is 0 Å². The first-order chi connectivity index (χ1) is 9.57. The van der Waals surface area contributed by atoms with Crippen LogP contribution >= 0.6 is 0 Å². The summed E-state index contributed by atoms with van der Waals surface area (Å²) in [5, 5.41) is 24.8. The van der Waals surface area contributed by atoms with Crippen molar-refractivity contribution >= 4 is 11.9 Å². The molecular weight excluding hydrogens is 282 g/mol. The Morgan fingerprint density at radius 1 is 1.24 bits per heavy atom. The number of carboxylic acids is 1. The highest BCUT2D eigenvalue weighted by Crippen LogP contribution is 2.10. The minimum absolute atomic E-state index is 0.0124. The van der Waals surface area contributed by atoms with Gasteiger partial charge in [-0.2, -0.15) is 0 Å². The van der Waals surface area contributed by atoms with Crippen LogP contribution in [-0.4, -0.2) is 46.4 Å². The van der Waals surface area contributed by atoms with Crippen molar-refractivity contribution in [3.63, 3.8) is 0 Å². The summed E-state index contributed by atoms with van der Waals surface area (Å²) in [7, 11) is 1.28. The minimum atomic E-state index is -1.15. The fraction of sp³-hybridized carbons (Fsp3) is 0.833. The van der Waals surface area contributed by atoms with Crippen molar-refractivity contribution in [3.05, 3.63) is 5.21 Å². The average molecular weight is 305 g/mol. The summed E-state index contributed by atoms with van der Waals surface area (Å²) in [6, 6.07) is -1.05. The lowest BCUT2D eigenvalue weighted by molar-refractivity contribution is -0.713. The number of aliphatic carboxylic acids is 1. The second-order valence-electron chi connectivity index (χ2n) is 5.20. The summed E-state index contributed by atoms with van der Waals surface area (Å²) in [5.74, 6) is -2.29. The van der Waals surface area contributed by atoms with Gasteiger partial charge in [-0.05, 0) is 5.92 Å². The Labute approximate surface area is 123 Å². The first-order valence-corrected chi connectivity index (χ1v) is 6.58. The van der Waals surface area contributed by atoms with E-state index >= 15 is 0 Å². The van der Waals surface area contributed by atoms with Crippen LogP contribution in [0.3, 0.4) is 0 Å². The van der Waals surface area contributed by atoms with Gasteiger partial charge in [0.2, 0.25) is 5.28 Å². The Hall–Kier alpha value is -2.06. The zero-order valence-electron chi connectivity index (χ0n) is 13.1. The third-order valence-corrected chi connectivity index (χ3v) is 2.58. The molecule has 0 heterocycles. The number of rotatable bonds is 8. The number of likely N-dealkylation sites (N-methyl/N-ethyl adjacent to an activating group) is 1. The van der Waals surface area contributed by atoms with E-state index in [1.165, 1.54) is 14.0 Å². The van der Waals surface area contributed by atoms with Crippen molar-refractivity contribution in [2.75, 3.05) is 7.05 Å². The Balaban J connectivity index is 4.66. The van der Waals surface area contributed by atoms with Crippen LogP contribution < -0.4 is 0 Å². The summed E-state index contributed by atoms with van der Waals surface area (Å²) >= 11 is 0. The van der Waals surface area contributed by atoms with Gasteiger partial charge in [0.1, 0.15) is 0 Å². The van der Waals surface area contributed by atoms with Crippen molar-refractivity contribution in [2.45, 2.75) is 47.0 Å². The molecule has 0 aromatic heterocycles. The first kappa shape index (κ1) is 18.9. The van der Waals surface area contributed by atoms with Crippen LogP contribution in [0, 0.1) is 17.0 Å². The molecule has 1 N–H and O–H groups in total. The van der Waals surface area contributed by atoms with Gasteiger partial charge in [-0.3, -0.25) is 9.63 Å². The largest absolute Gasteiger partial charge is 0.569 e. The van der Waals surface area contributed by atoms with Gasteiger partial charge in [0.15, 0.2) is 6.04 Å². The average Bonchev–Trinajstić information content (AvgIpc) is 2.34. The fourth-order valence-electron chi connectivity index (χ4n) is 1.47. The molecule has 21 heavy (non-hydrogen) atoms. The summed E-state index contributed by atoms with van der Waals surface area (Å²) in [5.41, 5.74) is 0.